The van der Waals surface area contributed by atoms with Crippen LogP contribution in [0, 0.1) is 5.92 Å². The molecule has 0 aromatic heterocycles. The zero-order chi connectivity index (χ0) is 23.6. The molecule has 0 bridgehead atoms. The Kier molecular flexibility index (Phi) is 9.88. The fourth-order valence-electron chi connectivity index (χ4n) is 5.29. The number of ether oxygens (including phenoxy) is 2. The van der Waals surface area contributed by atoms with Crippen LogP contribution in [-0.4, -0.2) is 60.4 Å². The van der Waals surface area contributed by atoms with Gasteiger partial charge in [0.2, 0.25) is 0 Å². The Morgan fingerprint density at radius 1 is 1.15 bits per heavy atom. The minimum atomic E-state index is -0.559. The van der Waals surface area contributed by atoms with Crippen LogP contribution >= 0.6 is 0 Å². The van der Waals surface area contributed by atoms with Gasteiger partial charge < -0.3 is 14.3 Å². The monoisotopic (exact) mass is 458 g/mol. The number of aldehydes is 1. The van der Waals surface area contributed by atoms with Crippen LogP contribution in [0.25, 0.3) is 0 Å². The van der Waals surface area contributed by atoms with Gasteiger partial charge in [0.1, 0.15) is 25.0 Å². The van der Waals surface area contributed by atoms with Crippen molar-refractivity contribution < 1.29 is 23.9 Å². The van der Waals surface area contributed by atoms with Crippen molar-refractivity contribution in [2.75, 3.05) is 13.2 Å². The Morgan fingerprint density at radius 2 is 1.91 bits per heavy atom. The maximum Gasteiger partial charge on any atom is 0.323 e. The molecule has 1 saturated carbocycles. The number of carbonyl (C=O) groups is 3. The molecule has 2 fully saturated rings. The second kappa shape index (κ2) is 12.8. The first kappa shape index (κ1) is 25.4. The lowest BCUT2D eigenvalue weighted by atomic mass is 9.84. The highest BCUT2D eigenvalue weighted by atomic mass is 16.5. The Morgan fingerprint density at radius 3 is 2.61 bits per heavy atom. The lowest BCUT2D eigenvalue weighted by Crippen LogP contribution is -2.53. The zero-order valence-corrected chi connectivity index (χ0v) is 19.9. The van der Waals surface area contributed by atoms with Crippen LogP contribution < -0.4 is 5.32 Å². The lowest BCUT2D eigenvalue weighted by Gasteiger charge is -2.35. The molecule has 3 rings (SSSR count). The molecular weight excluding hydrogens is 420 g/mol. The molecule has 1 N–H and O–H groups in total. The van der Waals surface area contributed by atoms with E-state index in [4.69, 9.17) is 9.47 Å². The van der Waals surface area contributed by atoms with E-state index < -0.39 is 12.1 Å². The molecule has 7 heteroatoms. The fraction of sp³-hybridized carbons (Fsp3) is 0.654. The van der Waals surface area contributed by atoms with Crippen LogP contribution in [0.15, 0.2) is 30.3 Å². The lowest BCUT2D eigenvalue weighted by molar-refractivity contribution is -0.151. The highest BCUT2D eigenvalue weighted by Gasteiger charge is 2.46. The molecule has 33 heavy (non-hydrogen) atoms. The maximum atomic E-state index is 13.1. The number of likely N-dealkylation sites (tertiary alicyclic amines) is 1. The Hall–Kier alpha value is -2.25. The van der Waals surface area contributed by atoms with Gasteiger partial charge in [0.25, 0.3) is 0 Å². The number of hydrogen-bond acceptors (Lipinski definition) is 7. The van der Waals surface area contributed by atoms with Crippen molar-refractivity contribution in [2.45, 2.75) is 89.6 Å². The summed E-state index contributed by atoms with van der Waals surface area (Å²) in [5.74, 6) is -0.118. The Labute approximate surface area is 197 Å². The predicted octanol–water partition coefficient (Wildman–Crippen LogP) is 3.25. The van der Waals surface area contributed by atoms with E-state index in [1.165, 1.54) is 6.42 Å². The van der Waals surface area contributed by atoms with E-state index in [1.54, 1.807) is 6.92 Å². The molecule has 1 aromatic rings. The van der Waals surface area contributed by atoms with Gasteiger partial charge in [-0.3, -0.25) is 19.8 Å². The van der Waals surface area contributed by atoms with Gasteiger partial charge in [-0.25, -0.2) is 0 Å². The SMILES string of the molecule is CCC[C@H](N[C@H](C=O)CN1[C@H](C(=O)OCc2ccccc2)C[C@@H]2CCCC[C@@H]21)C(=O)OCC. The van der Waals surface area contributed by atoms with Gasteiger partial charge in [-0.15, -0.1) is 0 Å². The largest absolute Gasteiger partial charge is 0.465 e. The standard InChI is InChI=1S/C26H38N2O5/c1-3-10-22(25(30)32-4-2)27-21(17-29)16-28-23-14-9-8-13-20(23)15-24(28)26(31)33-18-19-11-6-5-7-12-19/h5-7,11-12,17,20-24,27H,3-4,8-10,13-16,18H2,1-2H3/t20-,21-,22-,23-,24-/m0/s1. The van der Waals surface area contributed by atoms with E-state index in [0.717, 1.165) is 44.0 Å². The molecule has 1 aliphatic carbocycles. The highest BCUT2D eigenvalue weighted by Crippen LogP contribution is 2.40. The summed E-state index contributed by atoms with van der Waals surface area (Å²) >= 11 is 0. The van der Waals surface area contributed by atoms with Gasteiger partial charge in [-0.2, -0.15) is 0 Å². The summed E-state index contributed by atoms with van der Waals surface area (Å²) < 4.78 is 10.9. The summed E-state index contributed by atoms with van der Waals surface area (Å²) in [5, 5.41) is 3.19. The number of carbonyl (C=O) groups excluding carboxylic acids is 3. The average molecular weight is 459 g/mol. The molecule has 1 heterocycles. The van der Waals surface area contributed by atoms with Crippen molar-refractivity contribution in [3.63, 3.8) is 0 Å². The molecule has 0 unspecified atom stereocenters. The van der Waals surface area contributed by atoms with Crippen LogP contribution in [0.5, 0.6) is 0 Å². The third-order valence-corrected chi connectivity index (χ3v) is 6.85. The number of esters is 2. The average Bonchev–Trinajstić information content (AvgIpc) is 3.21. The third-order valence-electron chi connectivity index (χ3n) is 6.85. The third kappa shape index (κ3) is 6.87. The summed E-state index contributed by atoms with van der Waals surface area (Å²) in [5.41, 5.74) is 0.956. The van der Waals surface area contributed by atoms with Gasteiger partial charge in [-0.1, -0.05) is 56.5 Å². The zero-order valence-electron chi connectivity index (χ0n) is 19.9. The Balaban J connectivity index is 1.69. The quantitative estimate of drug-likeness (QED) is 0.380. The number of fused-ring (bicyclic) bond motifs is 1. The summed E-state index contributed by atoms with van der Waals surface area (Å²) in [7, 11) is 0. The van der Waals surface area contributed by atoms with Gasteiger partial charge in [-0.05, 0) is 44.1 Å². The molecule has 1 aromatic carbocycles. The minimum absolute atomic E-state index is 0.228. The topological polar surface area (TPSA) is 84.9 Å². The van der Waals surface area contributed by atoms with E-state index in [0.29, 0.717) is 25.5 Å². The summed E-state index contributed by atoms with van der Waals surface area (Å²) in [6.07, 6.45) is 7.44. The van der Waals surface area contributed by atoms with E-state index in [1.807, 2.05) is 37.3 Å². The van der Waals surface area contributed by atoms with Crippen LogP contribution in [-0.2, 0) is 30.5 Å². The predicted molar refractivity (Wildman–Crippen MR) is 125 cm³/mol. The van der Waals surface area contributed by atoms with Crippen LogP contribution in [0.2, 0.25) is 0 Å². The van der Waals surface area contributed by atoms with E-state index >= 15 is 0 Å². The first-order valence-electron chi connectivity index (χ1n) is 12.4. The van der Waals surface area contributed by atoms with E-state index in [2.05, 4.69) is 10.2 Å². The minimum Gasteiger partial charge on any atom is -0.465 e. The first-order chi connectivity index (χ1) is 16.1. The number of nitrogens with one attached hydrogen (secondary N) is 1. The summed E-state index contributed by atoms with van der Waals surface area (Å²) in [6.45, 7) is 4.70. The Bertz CT molecular complexity index is 771. The molecule has 2 aliphatic rings. The van der Waals surface area contributed by atoms with Crippen molar-refractivity contribution in [1.29, 1.82) is 0 Å². The van der Waals surface area contributed by atoms with E-state index in [9.17, 15) is 14.4 Å². The molecule has 1 saturated heterocycles. The maximum absolute atomic E-state index is 13.1. The van der Waals surface area contributed by atoms with Crippen molar-refractivity contribution in [3.05, 3.63) is 35.9 Å². The summed E-state index contributed by atoms with van der Waals surface area (Å²) in [4.78, 5) is 39.6. The molecule has 5 atom stereocenters. The molecular formula is C26H38N2O5. The van der Waals surface area contributed by atoms with E-state index in [-0.39, 0.29) is 30.6 Å². The van der Waals surface area contributed by atoms with Crippen LogP contribution in [0.3, 0.4) is 0 Å². The molecule has 1 aliphatic heterocycles. The fourth-order valence-corrected chi connectivity index (χ4v) is 5.29. The number of benzene rings is 1. The first-order valence-corrected chi connectivity index (χ1v) is 12.4. The molecule has 0 radical (unpaired) electrons. The highest BCUT2D eigenvalue weighted by molar-refractivity contribution is 5.77. The molecule has 0 spiro atoms. The van der Waals surface area contributed by atoms with Gasteiger partial charge in [0.15, 0.2) is 0 Å². The van der Waals surface area contributed by atoms with Crippen molar-refractivity contribution >= 4 is 18.2 Å². The smallest absolute Gasteiger partial charge is 0.323 e. The van der Waals surface area contributed by atoms with Crippen molar-refractivity contribution in [2.24, 2.45) is 5.92 Å². The normalized spacial score (nSPS) is 24.5. The molecule has 7 nitrogen and oxygen atoms in total. The second-order valence-corrected chi connectivity index (χ2v) is 9.16. The number of hydrogen-bond donors (Lipinski definition) is 1. The van der Waals surface area contributed by atoms with Gasteiger partial charge >= 0.3 is 11.9 Å². The van der Waals surface area contributed by atoms with Crippen molar-refractivity contribution in [3.8, 4) is 0 Å². The number of rotatable bonds is 12. The molecule has 0 amide bonds. The van der Waals surface area contributed by atoms with Crippen LogP contribution in [0.1, 0.15) is 64.4 Å². The molecule has 182 valence electrons. The summed E-state index contributed by atoms with van der Waals surface area (Å²) in [6, 6.07) is 8.48. The van der Waals surface area contributed by atoms with Gasteiger partial charge in [0, 0.05) is 12.6 Å². The number of nitrogens with zero attached hydrogens (tertiary/aromatic N) is 1. The van der Waals surface area contributed by atoms with Crippen LogP contribution in [0.4, 0.5) is 0 Å². The van der Waals surface area contributed by atoms with Gasteiger partial charge in [0.05, 0.1) is 12.6 Å². The second-order valence-electron chi connectivity index (χ2n) is 9.16. The van der Waals surface area contributed by atoms with Crippen molar-refractivity contribution in [1.82, 2.24) is 10.2 Å².